The first-order valence-corrected chi connectivity index (χ1v) is 5.24. The molecule has 0 amide bonds. The summed E-state index contributed by atoms with van der Waals surface area (Å²) < 4.78 is 5.47. The zero-order chi connectivity index (χ0) is 10.7. The Labute approximate surface area is 90.7 Å². The monoisotopic (exact) mass is 204 g/mol. The van der Waals surface area contributed by atoms with Crippen molar-refractivity contribution in [3.63, 3.8) is 0 Å². The topological polar surface area (TPSA) is 19.6 Å². The predicted octanol–water partition coefficient (Wildman–Crippen LogP) is 1.01. The van der Waals surface area contributed by atoms with Crippen LogP contribution in [0.4, 0.5) is 0 Å². The highest BCUT2D eigenvalue weighted by Crippen LogP contribution is 2.11. The van der Waals surface area contributed by atoms with Crippen molar-refractivity contribution in [3.8, 4) is 12.3 Å². The lowest BCUT2D eigenvalue weighted by Gasteiger charge is -2.31. The number of furan rings is 1. The van der Waals surface area contributed by atoms with Crippen LogP contribution in [0.2, 0.25) is 0 Å². The van der Waals surface area contributed by atoms with Crippen LogP contribution in [0.5, 0.6) is 0 Å². The lowest BCUT2D eigenvalue weighted by atomic mass is 10.3. The summed E-state index contributed by atoms with van der Waals surface area (Å²) in [4.78, 5) is 4.73. The van der Waals surface area contributed by atoms with Gasteiger partial charge in [0.25, 0.3) is 0 Å². The summed E-state index contributed by atoms with van der Waals surface area (Å²) in [6, 6.07) is 3.82. The largest absolute Gasteiger partial charge is 0.451 e. The fourth-order valence-electron chi connectivity index (χ4n) is 1.77. The number of rotatable bonds is 2. The van der Waals surface area contributed by atoms with Crippen LogP contribution in [0.15, 0.2) is 16.5 Å². The first-order chi connectivity index (χ1) is 7.28. The molecule has 1 aromatic rings. The Morgan fingerprint density at radius 1 is 1.33 bits per heavy atom. The Kier molecular flexibility index (Phi) is 3.10. The molecule has 1 aromatic heterocycles. The number of likely N-dealkylation sites (N-methyl/N-ethyl adjacent to an activating group) is 1. The van der Waals surface area contributed by atoms with Gasteiger partial charge in [0.2, 0.25) is 0 Å². The average Bonchev–Trinajstić information content (AvgIpc) is 2.69. The Morgan fingerprint density at radius 3 is 2.67 bits per heavy atom. The van der Waals surface area contributed by atoms with Gasteiger partial charge >= 0.3 is 0 Å². The van der Waals surface area contributed by atoms with E-state index < -0.39 is 0 Å². The molecular weight excluding hydrogens is 188 g/mol. The molecule has 2 rings (SSSR count). The van der Waals surface area contributed by atoms with E-state index in [1.165, 1.54) is 0 Å². The molecule has 0 N–H and O–H groups in total. The molecular formula is C12H16N2O. The van der Waals surface area contributed by atoms with Crippen molar-refractivity contribution >= 4 is 0 Å². The minimum atomic E-state index is 0.624. The van der Waals surface area contributed by atoms with E-state index in [-0.39, 0.29) is 0 Å². The summed E-state index contributed by atoms with van der Waals surface area (Å²) in [5.41, 5.74) is 0. The summed E-state index contributed by atoms with van der Waals surface area (Å²) in [7, 11) is 2.15. The lowest BCUT2D eigenvalue weighted by molar-refractivity contribution is 0.140. The predicted molar refractivity (Wildman–Crippen MR) is 59.4 cm³/mol. The second-order valence-corrected chi connectivity index (χ2v) is 3.99. The van der Waals surface area contributed by atoms with Crippen LogP contribution in [-0.2, 0) is 6.54 Å². The fraction of sp³-hybridized carbons (Fsp3) is 0.500. The average molecular weight is 204 g/mol. The third kappa shape index (κ3) is 2.62. The molecule has 0 aliphatic carbocycles. The van der Waals surface area contributed by atoms with Gasteiger partial charge in [0, 0.05) is 26.2 Å². The van der Waals surface area contributed by atoms with Gasteiger partial charge in [0.15, 0.2) is 5.76 Å². The molecule has 1 saturated heterocycles. The van der Waals surface area contributed by atoms with Crippen molar-refractivity contribution in [1.29, 1.82) is 0 Å². The molecule has 0 bridgehead atoms. The molecule has 80 valence electrons. The third-order valence-electron chi connectivity index (χ3n) is 2.78. The normalized spacial score (nSPS) is 18.9. The molecule has 0 radical (unpaired) electrons. The molecule has 0 spiro atoms. The Bertz CT molecular complexity index is 356. The molecule has 1 fully saturated rings. The summed E-state index contributed by atoms with van der Waals surface area (Å²) in [5, 5.41) is 0. The summed E-state index contributed by atoms with van der Waals surface area (Å²) in [6.45, 7) is 5.33. The smallest absolute Gasteiger partial charge is 0.176 e. The van der Waals surface area contributed by atoms with Gasteiger partial charge in [0.1, 0.15) is 5.76 Å². The highest BCUT2D eigenvalue weighted by Gasteiger charge is 2.14. The van der Waals surface area contributed by atoms with Crippen LogP contribution in [-0.4, -0.2) is 43.0 Å². The molecule has 0 unspecified atom stereocenters. The molecule has 1 aliphatic heterocycles. The van der Waals surface area contributed by atoms with E-state index in [0.29, 0.717) is 5.76 Å². The van der Waals surface area contributed by atoms with E-state index in [4.69, 9.17) is 10.8 Å². The Hall–Kier alpha value is -1.24. The standard InChI is InChI=1S/C12H16N2O/c1-3-11-4-5-12(15-11)10-14-8-6-13(2)7-9-14/h1,4-5H,6-10H2,2H3. The van der Waals surface area contributed by atoms with Gasteiger partial charge in [-0.1, -0.05) is 0 Å². The van der Waals surface area contributed by atoms with Gasteiger partial charge in [-0.25, -0.2) is 0 Å². The van der Waals surface area contributed by atoms with Crippen molar-refractivity contribution in [2.24, 2.45) is 0 Å². The van der Waals surface area contributed by atoms with Crippen LogP contribution in [0, 0.1) is 12.3 Å². The lowest BCUT2D eigenvalue weighted by Crippen LogP contribution is -2.43. The molecule has 0 atom stereocenters. The van der Waals surface area contributed by atoms with Crippen molar-refractivity contribution in [2.45, 2.75) is 6.54 Å². The van der Waals surface area contributed by atoms with Gasteiger partial charge in [-0.05, 0) is 25.1 Å². The Balaban J connectivity index is 1.89. The second-order valence-electron chi connectivity index (χ2n) is 3.99. The first-order valence-electron chi connectivity index (χ1n) is 5.24. The first kappa shape index (κ1) is 10.3. The highest BCUT2D eigenvalue weighted by molar-refractivity contribution is 5.22. The molecule has 2 heterocycles. The molecule has 0 aromatic carbocycles. The molecule has 3 nitrogen and oxygen atoms in total. The maximum absolute atomic E-state index is 5.47. The number of hydrogen-bond acceptors (Lipinski definition) is 3. The molecule has 1 aliphatic rings. The quantitative estimate of drug-likeness (QED) is 0.670. The van der Waals surface area contributed by atoms with Crippen LogP contribution < -0.4 is 0 Å². The maximum Gasteiger partial charge on any atom is 0.176 e. The maximum atomic E-state index is 5.47. The number of hydrogen-bond donors (Lipinski definition) is 0. The van der Waals surface area contributed by atoms with Crippen molar-refractivity contribution < 1.29 is 4.42 Å². The van der Waals surface area contributed by atoms with Gasteiger partial charge in [-0.15, -0.1) is 6.42 Å². The van der Waals surface area contributed by atoms with Crippen LogP contribution in [0.3, 0.4) is 0 Å². The van der Waals surface area contributed by atoms with Crippen molar-refractivity contribution in [2.75, 3.05) is 33.2 Å². The third-order valence-corrected chi connectivity index (χ3v) is 2.78. The minimum Gasteiger partial charge on any atom is -0.451 e. The molecule has 15 heavy (non-hydrogen) atoms. The fourth-order valence-corrected chi connectivity index (χ4v) is 1.77. The van der Waals surface area contributed by atoms with Gasteiger partial charge in [-0.3, -0.25) is 4.90 Å². The van der Waals surface area contributed by atoms with Crippen LogP contribution >= 0.6 is 0 Å². The second kappa shape index (κ2) is 4.52. The highest BCUT2D eigenvalue weighted by atomic mass is 16.3. The van der Waals surface area contributed by atoms with E-state index in [2.05, 4.69) is 22.8 Å². The van der Waals surface area contributed by atoms with Crippen molar-refractivity contribution in [1.82, 2.24) is 9.80 Å². The SMILES string of the molecule is C#Cc1ccc(CN2CCN(C)CC2)o1. The van der Waals surface area contributed by atoms with E-state index in [0.717, 1.165) is 38.5 Å². The van der Waals surface area contributed by atoms with Gasteiger partial charge < -0.3 is 9.32 Å². The zero-order valence-electron chi connectivity index (χ0n) is 9.07. The summed E-state index contributed by atoms with van der Waals surface area (Å²) in [6.07, 6.45) is 5.25. The minimum absolute atomic E-state index is 0.624. The van der Waals surface area contributed by atoms with E-state index in [1.807, 2.05) is 12.1 Å². The van der Waals surface area contributed by atoms with Crippen LogP contribution in [0.1, 0.15) is 11.5 Å². The van der Waals surface area contributed by atoms with Crippen molar-refractivity contribution in [3.05, 3.63) is 23.7 Å². The number of terminal acetylenes is 1. The Morgan fingerprint density at radius 2 is 2.07 bits per heavy atom. The molecule has 0 saturated carbocycles. The van der Waals surface area contributed by atoms with Crippen LogP contribution in [0.25, 0.3) is 0 Å². The van der Waals surface area contributed by atoms with Gasteiger partial charge in [-0.2, -0.15) is 0 Å². The van der Waals surface area contributed by atoms with E-state index in [1.54, 1.807) is 0 Å². The number of piperazine rings is 1. The zero-order valence-corrected chi connectivity index (χ0v) is 9.07. The van der Waals surface area contributed by atoms with E-state index >= 15 is 0 Å². The summed E-state index contributed by atoms with van der Waals surface area (Å²) in [5.74, 6) is 4.09. The number of nitrogens with zero attached hydrogens (tertiary/aromatic N) is 2. The molecule has 3 heteroatoms. The van der Waals surface area contributed by atoms with E-state index in [9.17, 15) is 0 Å². The summed E-state index contributed by atoms with van der Waals surface area (Å²) >= 11 is 0. The van der Waals surface area contributed by atoms with Gasteiger partial charge in [0.05, 0.1) is 6.54 Å².